The van der Waals surface area contributed by atoms with Crippen molar-refractivity contribution >= 4 is 5.65 Å². The molecule has 0 spiro atoms. The first kappa shape index (κ1) is 11.4. The molecule has 1 atom stereocenters. The van der Waals surface area contributed by atoms with Crippen LogP contribution in [-0.4, -0.2) is 21.1 Å². The van der Waals surface area contributed by atoms with Gasteiger partial charge < -0.3 is 5.32 Å². The number of halogens is 1. The van der Waals surface area contributed by atoms with Gasteiger partial charge in [-0.3, -0.25) is 9.89 Å². The van der Waals surface area contributed by atoms with Crippen molar-refractivity contribution in [3.63, 3.8) is 0 Å². The first-order chi connectivity index (χ1) is 8.66. The Morgan fingerprint density at radius 1 is 1.50 bits per heavy atom. The number of nitrogens with one attached hydrogen (secondary N) is 2. The van der Waals surface area contributed by atoms with Gasteiger partial charge in [0.15, 0.2) is 5.65 Å². The molecule has 1 aliphatic heterocycles. The molecule has 2 aromatic rings. The minimum atomic E-state index is -0.794. The number of aromatic amines is 1. The van der Waals surface area contributed by atoms with Crippen LogP contribution in [0.3, 0.4) is 0 Å². The van der Waals surface area contributed by atoms with Crippen LogP contribution < -0.4 is 10.9 Å². The third kappa shape index (κ3) is 1.73. The van der Waals surface area contributed by atoms with Crippen LogP contribution in [0.4, 0.5) is 4.39 Å². The van der Waals surface area contributed by atoms with Crippen molar-refractivity contribution in [3.8, 4) is 0 Å². The molecule has 96 valence electrons. The highest BCUT2D eigenvalue weighted by atomic mass is 19.1. The lowest BCUT2D eigenvalue weighted by molar-refractivity contribution is 0.403. The van der Waals surface area contributed by atoms with Crippen molar-refractivity contribution in [1.82, 2.24) is 19.9 Å². The molecule has 0 amide bonds. The summed E-state index contributed by atoms with van der Waals surface area (Å²) in [7, 11) is 0. The Kier molecular flexibility index (Phi) is 2.66. The molecule has 18 heavy (non-hydrogen) atoms. The zero-order chi connectivity index (χ0) is 12.7. The van der Waals surface area contributed by atoms with Gasteiger partial charge in [-0.05, 0) is 26.3 Å². The largest absolute Gasteiger partial charge is 0.309 e. The second-order valence-electron chi connectivity index (χ2n) is 4.72. The monoisotopic (exact) mass is 250 g/mol. The van der Waals surface area contributed by atoms with Gasteiger partial charge in [0, 0.05) is 12.1 Å². The van der Waals surface area contributed by atoms with E-state index in [0.29, 0.717) is 5.65 Å². The normalized spacial score (nSPS) is 20.4. The first-order valence-corrected chi connectivity index (χ1v) is 6.18. The van der Waals surface area contributed by atoms with Gasteiger partial charge in [0.1, 0.15) is 0 Å². The smallest absolute Gasteiger partial charge is 0.308 e. The maximum atomic E-state index is 13.5. The minimum Gasteiger partial charge on any atom is -0.309 e. The van der Waals surface area contributed by atoms with Gasteiger partial charge in [0.05, 0.1) is 11.4 Å². The topological polar surface area (TPSA) is 62.2 Å². The zero-order valence-corrected chi connectivity index (χ0v) is 10.2. The summed E-state index contributed by atoms with van der Waals surface area (Å²) in [6, 6.07) is 2.01. The average molecular weight is 250 g/mol. The lowest BCUT2D eigenvalue weighted by Crippen LogP contribution is -2.27. The Morgan fingerprint density at radius 3 is 3.06 bits per heavy atom. The number of piperidine rings is 1. The van der Waals surface area contributed by atoms with Crippen LogP contribution in [0.5, 0.6) is 0 Å². The Labute approximate surface area is 103 Å². The van der Waals surface area contributed by atoms with Crippen LogP contribution in [-0.2, 0) is 0 Å². The summed E-state index contributed by atoms with van der Waals surface area (Å²) in [5.41, 5.74) is 0.840. The summed E-state index contributed by atoms with van der Waals surface area (Å²) in [5.74, 6) is -0.794. The van der Waals surface area contributed by atoms with Crippen molar-refractivity contribution in [2.75, 3.05) is 6.54 Å². The summed E-state index contributed by atoms with van der Waals surface area (Å²) >= 11 is 0. The van der Waals surface area contributed by atoms with E-state index in [9.17, 15) is 9.18 Å². The summed E-state index contributed by atoms with van der Waals surface area (Å²) in [4.78, 5) is 15.8. The van der Waals surface area contributed by atoms with Crippen LogP contribution in [0.2, 0.25) is 0 Å². The highest BCUT2D eigenvalue weighted by Gasteiger charge is 2.18. The van der Waals surface area contributed by atoms with Crippen molar-refractivity contribution in [3.05, 3.63) is 33.6 Å². The van der Waals surface area contributed by atoms with Crippen molar-refractivity contribution in [2.45, 2.75) is 32.2 Å². The minimum absolute atomic E-state index is 0.141. The maximum absolute atomic E-state index is 13.5. The van der Waals surface area contributed by atoms with E-state index in [1.54, 1.807) is 0 Å². The highest BCUT2D eigenvalue weighted by Crippen LogP contribution is 2.22. The Hall–Kier alpha value is -1.69. The number of nitrogens with zero attached hydrogens (tertiary/aromatic N) is 2. The number of fused-ring (bicyclic) bond motifs is 1. The van der Waals surface area contributed by atoms with Gasteiger partial charge in [-0.25, -0.2) is 4.98 Å². The van der Waals surface area contributed by atoms with Gasteiger partial charge >= 0.3 is 5.56 Å². The van der Waals surface area contributed by atoms with E-state index in [0.717, 1.165) is 25.1 Å². The van der Waals surface area contributed by atoms with Crippen molar-refractivity contribution < 1.29 is 4.39 Å². The first-order valence-electron chi connectivity index (χ1n) is 6.18. The van der Waals surface area contributed by atoms with Gasteiger partial charge in [-0.15, -0.1) is 0 Å². The molecule has 0 aliphatic carbocycles. The summed E-state index contributed by atoms with van der Waals surface area (Å²) in [6.45, 7) is 2.47. The van der Waals surface area contributed by atoms with Crippen LogP contribution in [0.25, 0.3) is 5.65 Å². The average Bonchev–Trinajstić information content (AvgIpc) is 2.81. The van der Waals surface area contributed by atoms with E-state index in [2.05, 4.69) is 15.4 Å². The number of hydrogen-bond acceptors (Lipinski definition) is 3. The molecule has 0 saturated carbocycles. The molecule has 0 radical (unpaired) electrons. The number of rotatable bonds is 1. The molecule has 3 heterocycles. The van der Waals surface area contributed by atoms with Gasteiger partial charge in [0.2, 0.25) is 5.82 Å². The van der Waals surface area contributed by atoms with E-state index >= 15 is 0 Å². The van der Waals surface area contributed by atoms with E-state index < -0.39 is 11.4 Å². The van der Waals surface area contributed by atoms with E-state index in [-0.39, 0.29) is 11.7 Å². The zero-order valence-electron chi connectivity index (χ0n) is 10.2. The van der Waals surface area contributed by atoms with Gasteiger partial charge in [0.25, 0.3) is 0 Å². The Morgan fingerprint density at radius 2 is 2.33 bits per heavy atom. The summed E-state index contributed by atoms with van der Waals surface area (Å²) in [5, 5.41) is 6.32. The Bertz CT molecular complexity index is 639. The molecule has 2 aromatic heterocycles. The standard InChI is InChI=1S/C12H15FN4O/c1-7-11(13)12(18)17-10(15-7)6-9(16-17)8-4-2-3-5-14-8/h6,8,14,16H,2-5H2,1H3/t8-/m0/s1. The maximum Gasteiger partial charge on any atom is 0.308 e. The number of H-pyrrole nitrogens is 1. The fourth-order valence-electron chi connectivity index (χ4n) is 2.43. The fraction of sp³-hybridized carbons (Fsp3) is 0.500. The third-order valence-corrected chi connectivity index (χ3v) is 3.43. The quantitative estimate of drug-likeness (QED) is 0.801. The molecule has 3 rings (SSSR count). The second kappa shape index (κ2) is 4.20. The number of hydrogen-bond donors (Lipinski definition) is 2. The Balaban J connectivity index is 2.10. The molecule has 1 fully saturated rings. The van der Waals surface area contributed by atoms with Crippen molar-refractivity contribution in [1.29, 1.82) is 0 Å². The van der Waals surface area contributed by atoms with E-state index in [1.807, 2.05) is 6.07 Å². The number of aryl methyl sites for hydroxylation is 1. The predicted octanol–water partition coefficient (Wildman–Crippen LogP) is 1.28. The predicted molar refractivity (Wildman–Crippen MR) is 65.1 cm³/mol. The molecular formula is C12H15FN4O. The van der Waals surface area contributed by atoms with E-state index in [4.69, 9.17) is 0 Å². The summed E-state index contributed by atoms with van der Waals surface area (Å²) in [6.07, 6.45) is 3.34. The van der Waals surface area contributed by atoms with E-state index in [1.165, 1.54) is 17.9 Å². The van der Waals surface area contributed by atoms with Crippen LogP contribution in [0.15, 0.2) is 10.9 Å². The lowest BCUT2D eigenvalue weighted by atomic mass is 10.0. The molecule has 1 saturated heterocycles. The highest BCUT2D eigenvalue weighted by molar-refractivity contribution is 5.40. The van der Waals surface area contributed by atoms with Crippen LogP contribution >= 0.6 is 0 Å². The lowest BCUT2D eigenvalue weighted by Gasteiger charge is -2.21. The van der Waals surface area contributed by atoms with Crippen molar-refractivity contribution in [2.24, 2.45) is 0 Å². The van der Waals surface area contributed by atoms with Crippen LogP contribution in [0.1, 0.15) is 36.7 Å². The van der Waals surface area contributed by atoms with Gasteiger partial charge in [-0.2, -0.15) is 8.91 Å². The van der Waals surface area contributed by atoms with Crippen LogP contribution in [0, 0.1) is 12.7 Å². The molecule has 0 unspecified atom stereocenters. The second-order valence-corrected chi connectivity index (χ2v) is 4.72. The molecule has 0 bridgehead atoms. The molecule has 1 aliphatic rings. The fourth-order valence-corrected chi connectivity index (χ4v) is 2.43. The van der Waals surface area contributed by atoms with Gasteiger partial charge in [-0.1, -0.05) is 6.42 Å². The molecule has 5 nitrogen and oxygen atoms in total. The molecular weight excluding hydrogens is 235 g/mol. The molecule has 6 heteroatoms. The molecule has 2 N–H and O–H groups in total. The third-order valence-electron chi connectivity index (χ3n) is 3.43. The summed E-state index contributed by atoms with van der Waals surface area (Å²) < 4.78 is 14.7. The number of aromatic nitrogens is 3. The SMILES string of the molecule is Cc1nc2cc([C@@H]3CCCCN3)[nH]n2c(=O)c1F. The molecule has 0 aromatic carbocycles.